The maximum absolute atomic E-state index is 13.8. The second-order valence-corrected chi connectivity index (χ2v) is 5.28. The van der Waals surface area contributed by atoms with Crippen LogP contribution in [-0.4, -0.2) is 0 Å². The molecule has 0 fully saturated rings. The predicted octanol–water partition coefficient (Wildman–Crippen LogP) is 4.94. The van der Waals surface area contributed by atoms with Crippen molar-refractivity contribution in [2.24, 2.45) is 0 Å². The number of rotatable bonds is 5. The minimum atomic E-state index is -0.147. The Labute approximate surface area is 120 Å². The number of halogens is 1. The molecule has 0 aromatic heterocycles. The van der Waals surface area contributed by atoms with Gasteiger partial charge in [0.05, 0.1) is 0 Å². The molecule has 0 amide bonds. The van der Waals surface area contributed by atoms with E-state index in [2.05, 4.69) is 43.4 Å². The van der Waals surface area contributed by atoms with Crippen LogP contribution < -0.4 is 5.32 Å². The van der Waals surface area contributed by atoms with Crippen molar-refractivity contribution >= 4 is 0 Å². The zero-order valence-electron chi connectivity index (χ0n) is 12.4. The van der Waals surface area contributed by atoms with Gasteiger partial charge in [-0.1, -0.05) is 55.0 Å². The van der Waals surface area contributed by atoms with E-state index in [4.69, 9.17) is 0 Å². The summed E-state index contributed by atoms with van der Waals surface area (Å²) in [5.41, 5.74) is 3.23. The fourth-order valence-electron chi connectivity index (χ4n) is 2.47. The Morgan fingerprint density at radius 3 is 2.30 bits per heavy atom. The smallest absolute Gasteiger partial charge is 0.127 e. The molecule has 2 heteroatoms. The molecular formula is C18H22FN. The molecule has 2 unspecified atom stereocenters. The summed E-state index contributed by atoms with van der Waals surface area (Å²) in [6, 6.07) is 15.7. The topological polar surface area (TPSA) is 12.0 Å². The van der Waals surface area contributed by atoms with Crippen LogP contribution in [0.15, 0.2) is 48.5 Å². The molecule has 0 aliphatic rings. The first kappa shape index (κ1) is 14.7. The summed E-state index contributed by atoms with van der Waals surface area (Å²) in [6.45, 7) is 6.24. The zero-order valence-corrected chi connectivity index (χ0v) is 12.4. The standard InChI is InChI=1S/C18H22FN/c1-4-18(15-11-9-13(2)10-12-15)20-14(3)16-7-5-6-8-17(16)19/h5-12,14,18,20H,4H2,1-3H3. The van der Waals surface area contributed by atoms with Gasteiger partial charge in [0.2, 0.25) is 0 Å². The van der Waals surface area contributed by atoms with E-state index in [9.17, 15) is 4.39 Å². The highest BCUT2D eigenvalue weighted by Crippen LogP contribution is 2.23. The summed E-state index contributed by atoms with van der Waals surface area (Å²) in [5.74, 6) is -0.147. The van der Waals surface area contributed by atoms with Gasteiger partial charge in [-0.25, -0.2) is 4.39 Å². The molecule has 0 bridgehead atoms. The first-order valence-corrected chi connectivity index (χ1v) is 7.19. The molecule has 0 aliphatic heterocycles. The second kappa shape index (κ2) is 6.67. The highest BCUT2D eigenvalue weighted by atomic mass is 19.1. The molecule has 1 N–H and O–H groups in total. The Morgan fingerprint density at radius 1 is 1.05 bits per heavy atom. The molecule has 2 aromatic carbocycles. The Morgan fingerprint density at radius 2 is 1.70 bits per heavy atom. The second-order valence-electron chi connectivity index (χ2n) is 5.28. The van der Waals surface area contributed by atoms with E-state index in [0.29, 0.717) is 0 Å². The van der Waals surface area contributed by atoms with Crippen LogP contribution in [0.2, 0.25) is 0 Å². The Hall–Kier alpha value is -1.67. The van der Waals surface area contributed by atoms with Crippen LogP contribution >= 0.6 is 0 Å². The maximum atomic E-state index is 13.8. The van der Waals surface area contributed by atoms with Gasteiger partial charge in [-0.2, -0.15) is 0 Å². The minimum Gasteiger partial charge on any atom is -0.303 e. The number of benzene rings is 2. The van der Waals surface area contributed by atoms with Crippen molar-refractivity contribution in [3.8, 4) is 0 Å². The van der Waals surface area contributed by atoms with Crippen LogP contribution in [0.3, 0.4) is 0 Å². The van der Waals surface area contributed by atoms with Crippen molar-refractivity contribution in [1.29, 1.82) is 0 Å². The molecule has 2 atom stereocenters. The molecule has 0 radical (unpaired) electrons. The third-order valence-corrected chi connectivity index (χ3v) is 3.71. The molecule has 0 spiro atoms. The minimum absolute atomic E-state index is 0.0116. The summed E-state index contributed by atoms with van der Waals surface area (Å²) in [5, 5.41) is 3.52. The van der Waals surface area contributed by atoms with Crippen LogP contribution in [0.4, 0.5) is 4.39 Å². The molecule has 0 saturated carbocycles. The number of hydrogen-bond acceptors (Lipinski definition) is 1. The highest BCUT2D eigenvalue weighted by Gasteiger charge is 2.15. The van der Waals surface area contributed by atoms with Crippen LogP contribution in [0.25, 0.3) is 0 Å². The van der Waals surface area contributed by atoms with Gasteiger partial charge in [-0.3, -0.25) is 0 Å². The molecule has 0 aliphatic carbocycles. The number of nitrogens with one attached hydrogen (secondary N) is 1. The largest absolute Gasteiger partial charge is 0.303 e. The van der Waals surface area contributed by atoms with E-state index >= 15 is 0 Å². The normalized spacial score (nSPS) is 14.0. The van der Waals surface area contributed by atoms with E-state index in [1.165, 1.54) is 17.2 Å². The predicted molar refractivity (Wildman–Crippen MR) is 82.2 cm³/mol. The Balaban J connectivity index is 2.14. The van der Waals surface area contributed by atoms with Crippen LogP contribution in [0.1, 0.15) is 49.0 Å². The molecule has 20 heavy (non-hydrogen) atoms. The van der Waals surface area contributed by atoms with Crippen LogP contribution in [-0.2, 0) is 0 Å². The Bertz CT molecular complexity index is 548. The van der Waals surface area contributed by atoms with E-state index in [1.54, 1.807) is 6.07 Å². The third-order valence-electron chi connectivity index (χ3n) is 3.71. The van der Waals surface area contributed by atoms with E-state index < -0.39 is 0 Å². The summed E-state index contributed by atoms with van der Waals surface area (Å²) in [6.07, 6.45) is 0.974. The summed E-state index contributed by atoms with van der Waals surface area (Å²) < 4.78 is 13.8. The van der Waals surface area contributed by atoms with Crippen molar-refractivity contribution < 1.29 is 4.39 Å². The van der Waals surface area contributed by atoms with Crippen molar-refractivity contribution in [2.45, 2.75) is 39.3 Å². The van der Waals surface area contributed by atoms with Gasteiger partial charge in [0.1, 0.15) is 5.82 Å². The average Bonchev–Trinajstić information content (AvgIpc) is 2.46. The van der Waals surface area contributed by atoms with Gasteiger partial charge in [0.25, 0.3) is 0 Å². The molecule has 0 saturated heterocycles. The average molecular weight is 271 g/mol. The summed E-state index contributed by atoms with van der Waals surface area (Å²) >= 11 is 0. The van der Waals surface area contributed by atoms with Gasteiger partial charge >= 0.3 is 0 Å². The molecule has 0 heterocycles. The molecule has 2 aromatic rings. The zero-order chi connectivity index (χ0) is 14.5. The van der Waals surface area contributed by atoms with Gasteiger partial charge in [0, 0.05) is 17.6 Å². The first-order valence-electron chi connectivity index (χ1n) is 7.19. The van der Waals surface area contributed by atoms with Gasteiger partial charge in [0.15, 0.2) is 0 Å². The third kappa shape index (κ3) is 3.45. The summed E-state index contributed by atoms with van der Waals surface area (Å²) in [4.78, 5) is 0. The van der Waals surface area contributed by atoms with Crippen molar-refractivity contribution in [3.63, 3.8) is 0 Å². The molecular weight excluding hydrogens is 249 g/mol. The lowest BCUT2D eigenvalue weighted by molar-refractivity contribution is 0.443. The van der Waals surface area contributed by atoms with Crippen LogP contribution in [0.5, 0.6) is 0 Å². The maximum Gasteiger partial charge on any atom is 0.127 e. The lowest BCUT2D eigenvalue weighted by Crippen LogP contribution is -2.24. The van der Waals surface area contributed by atoms with E-state index in [0.717, 1.165) is 12.0 Å². The van der Waals surface area contributed by atoms with E-state index in [1.807, 2.05) is 19.1 Å². The van der Waals surface area contributed by atoms with Gasteiger partial charge in [-0.15, -0.1) is 0 Å². The number of hydrogen-bond donors (Lipinski definition) is 1. The molecule has 106 valence electrons. The SMILES string of the molecule is CCC(NC(C)c1ccccc1F)c1ccc(C)cc1. The number of aryl methyl sites for hydroxylation is 1. The monoisotopic (exact) mass is 271 g/mol. The van der Waals surface area contributed by atoms with Crippen LogP contribution in [0, 0.1) is 12.7 Å². The molecule has 1 nitrogen and oxygen atoms in total. The first-order chi connectivity index (χ1) is 9.61. The van der Waals surface area contributed by atoms with Crippen molar-refractivity contribution in [3.05, 3.63) is 71.0 Å². The fraction of sp³-hybridized carbons (Fsp3) is 0.333. The lowest BCUT2D eigenvalue weighted by Gasteiger charge is -2.23. The van der Waals surface area contributed by atoms with E-state index in [-0.39, 0.29) is 17.9 Å². The Kier molecular flexibility index (Phi) is 4.91. The van der Waals surface area contributed by atoms with Crippen molar-refractivity contribution in [1.82, 2.24) is 5.32 Å². The van der Waals surface area contributed by atoms with Crippen molar-refractivity contribution in [2.75, 3.05) is 0 Å². The van der Waals surface area contributed by atoms with Gasteiger partial charge in [-0.05, 0) is 31.9 Å². The quantitative estimate of drug-likeness (QED) is 0.812. The fourth-order valence-corrected chi connectivity index (χ4v) is 2.47. The highest BCUT2D eigenvalue weighted by molar-refractivity contribution is 5.25. The van der Waals surface area contributed by atoms with Gasteiger partial charge < -0.3 is 5.32 Å². The molecule has 2 rings (SSSR count). The summed E-state index contributed by atoms with van der Waals surface area (Å²) in [7, 11) is 0. The lowest BCUT2D eigenvalue weighted by atomic mass is 10.00.